The number of hydrogen-bond donors (Lipinski definition) is 2. The number of hydrogen-bond acceptors (Lipinski definition) is 4. The highest BCUT2D eigenvalue weighted by Gasteiger charge is 2.23. The number of pyridine rings is 1. The Labute approximate surface area is 177 Å². The standard InChI is InChI=1S/C22H21ClN2O3S/c1-2-11-29-22(28)19(25-21(27)14-7-9-16(23)10-8-14)12-15-13-20(26)24-18-6-4-3-5-17(15)18/h3-10,13,19H,2,11-12H2,1H3,(H,24,26)(H,25,27). The van der Waals surface area contributed by atoms with Crippen LogP contribution in [-0.2, 0) is 11.2 Å². The van der Waals surface area contributed by atoms with Crippen molar-refractivity contribution in [3.8, 4) is 0 Å². The van der Waals surface area contributed by atoms with Crippen LogP contribution in [0.5, 0.6) is 0 Å². The molecule has 0 fully saturated rings. The lowest BCUT2D eigenvalue weighted by Gasteiger charge is -2.18. The van der Waals surface area contributed by atoms with Gasteiger partial charge in [0.25, 0.3) is 5.91 Å². The molecule has 1 aromatic heterocycles. The van der Waals surface area contributed by atoms with Crippen molar-refractivity contribution in [1.29, 1.82) is 0 Å². The van der Waals surface area contributed by atoms with Gasteiger partial charge in [0.05, 0.1) is 0 Å². The minimum atomic E-state index is -0.750. The lowest BCUT2D eigenvalue weighted by Crippen LogP contribution is -2.41. The normalized spacial score (nSPS) is 11.9. The number of carbonyl (C=O) groups is 2. The number of benzene rings is 2. The van der Waals surface area contributed by atoms with Gasteiger partial charge in [0, 0.05) is 39.7 Å². The van der Waals surface area contributed by atoms with Crippen LogP contribution in [0.4, 0.5) is 0 Å². The van der Waals surface area contributed by atoms with Gasteiger partial charge in [-0.2, -0.15) is 0 Å². The lowest BCUT2D eigenvalue weighted by molar-refractivity contribution is -0.112. The number of aromatic nitrogens is 1. The van der Waals surface area contributed by atoms with Crippen LogP contribution < -0.4 is 10.9 Å². The number of fused-ring (bicyclic) bond motifs is 1. The van der Waals surface area contributed by atoms with E-state index in [-0.39, 0.29) is 23.0 Å². The van der Waals surface area contributed by atoms with E-state index in [4.69, 9.17) is 11.6 Å². The molecule has 0 aliphatic heterocycles. The monoisotopic (exact) mass is 428 g/mol. The van der Waals surface area contributed by atoms with Crippen LogP contribution in [0.3, 0.4) is 0 Å². The predicted molar refractivity (Wildman–Crippen MR) is 119 cm³/mol. The number of nitrogens with one attached hydrogen (secondary N) is 2. The average Bonchev–Trinajstić information content (AvgIpc) is 2.71. The van der Waals surface area contributed by atoms with E-state index in [0.29, 0.717) is 21.9 Å². The Hall–Kier alpha value is -2.57. The molecule has 2 aromatic carbocycles. The van der Waals surface area contributed by atoms with E-state index in [2.05, 4.69) is 10.3 Å². The zero-order chi connectivity index (χ0) is 20.8. The second-order valence-electron chi connectivity index (χ2n) is 6.61. The van der Waals surface area contributed by atoms with Gasteiger partial charge in [-0.25, -0.2) is 0 Å². The highest BCUT2D eigenvalue weighted by Crippen LogP contribution is 2.19. The summed E-state index contributed by atoms with van der Waals surface area (Å²) in [6.45, 7) is 1.99. The summed E-state index contributed by atoms with van der Waals surface area (Å²) in [5, 5.41) is 4.09. The van der Waals surface area contributed by atoms with Crippen molar-refractivity contribution in [1.82, 2.24) is 10.3 Å². The minimum absolute atomic E-state index is 0.126. The third-order valence-electron chi connectivity index (χ3n) is 4.40. The van der Waals surface area contributed by atoms with Crippen molar-refractivity contribution in [3.63, 3.8) is 0 Å². The first-order chi connectivity index (χ1) is 14.0. The number of halogens is 1. The second-order valence-corrected chi connectivity index (χ2v) is 8.14. The second kappa shape index (κ2) is 9.76. The van der Waals surface area contributed by atoms with Crippen molar-refractivity contribution < 1.29 is 9.59 Å². The van der Waals surface area contributed by atoms with E-state index >= 15 is 0 Å². The Morgan fingerprint density at radius 3 is 2.59 bits per heavy atom. The van der Waals surface area contributed by atoms with E-state index in [1.807, 2.05) is 31.2 Å². The molecule has 0 aliphatic rings. The zero-order valence-electron chi connectivity index (χ0n) is 15.9. The molecule has 0 radical (unpaired) electrons. The molecule has 1 atom stereocenters. The first-order valence-electron chi connectivity index (χ1n) is 9.32. The zero-order valence-corrected chi connectivity index (χ0v) is 17.5. The summed E-state index contributed by atoms with van der Waals surface area (Å²) in [7, 11) is 0. The number of H-pyrrole nitrogens is 1. The van der Waals surface area contributed by atoms with Crippen LogP contribution in [0.25, 0.3) is 10.9 Å². The number of thioether (sulfide) groups is 1. The van der Waals surface area contributed by atoms with Crippen LogP contribution in [-0.4, -0.2) is 27.8 Å². The van der Waals surface area contributed by atoms with Crippen LogP contribution >= 0.6 is 23.4 Å². The molecule has 0 saturated carbocycles. The molecule has 0 bridgehead atoms. The van der Waals surface area contributed by atoms with Crippen molar-refractivity contribution in [2.75, 3.05) is 5.75 Å². The fourth-order valence-corrected chi connectivity index (χ4v) is 3.88. The molecule has 150 valence electrons. The third-order valence-corrected chi connectivity index (χ3v) is 5.84. The Morgan fingerprint density at radius 1 is 1.14 bits per heavy atom. The van der Waals surface area contributed by atoms with Crippen molar-refractivity contribution in [3.05, 3.63) is 81.1 Å². The van der Waals surface area contributed by atoms with Gasteiger partial charge in [0.1, 0.15) is 6.04 Å². The topological polar surface area (TPSA) is 79.0 Å². The number of rotatable bonds is 7. The van der Waals surface area contributed by atoms with Crippen LogP contribution in [0.15, 0.2) is 59.4 Å². The van der Waals surface area contributed by atoms with Crippen LogP contribution in [0.2, 0.25) is 5.02 Å². The summed E-state index contributed by atoms with van der Waals surface area (Å²) < 4.78 is 0. The van der Waals surface area contributed by atoms with Crippen molar-refractivity contribution in [2.45, 2.75) is 25.8 Å². The summed E-state index contributed by atoms with van der Waals surface area (Å²) in [5.41, 5.74) is 1.60. The third kappa shape index (κ3) is 5.49. The molecule has 1 unspecified atom stereocenters. The summed E-state index contributed by atoms with van der Waals surface area (Å²) in [6.07, 6.45) is 1.08. The quantitative estimate of drug-likeness (QED) is 0.591. The molecular formula is C22H21ClN2O3S. The van der Waals surface area contributed by atoms with Gasteiger partial charge in [0.2, 0.25) is 10.7 Å². The smallest absolute Gasteiger partial charge is 0.251 e. The summed E-state index contributed by atoms with van der Waals surface area (Å²) in [4.78, 5) is 40.3. The molecule has 3 rings (SSSR count). The van der Waals surface area contributed by atoms with Crippen LogP contribution in [0.1, 0.15) is 29.3 Å². The molecule has 3 aromatic rings. The van der Waals surface area contributed by atoms with Crippen LogP contribution in [0, 0.1) is 0 Å². The van der Waals surface area contributed by atoms with E-state index in [1.54, 1.807) is 24.3 Å². The van der Waals surface area contributed by atoms with E-state index in [1.165, 1.54) is 17.8 Å². The molecule has 5 nitrogen and oxygen atoms in total. The first-order valence-corrected chi connectivity index (χ1v) is 10.7. The largest absolute Gasteiger partial charge is 0.341 e. The van der Waals surface area contributed by atoms with Gasteiger partial charge in [-0.1, -0.05) is 48.5 Å². The SMILES string of the molecule is CCCSC(=O)C(Cc1cc(=O)[nH]c2ccccc12)NC(=O)c1ccc(Cl)cc1. The Morgan fingerprint density at radius 2 is 1.86 bits per heavy atom. The maximum absolute atomic E-state index is 12.8. The molecule has 0 aliphatic carbocycles. The number of amides is 1. The molecule has 2 N–H and O–H groups in total. The van der Waals surface area contributed by atoms with Gasteiger partial charge in [-0.3, -0.25) is 14.4 Å². The van der Waals surface area contributed by atoms with Gasteiger partial charge < -0.3 is 10.3 Å². The van der Waals surface area contributed by atoms with Gasteiger partial charge >= 0.3 is 0 Å². The molecule has 1 heterocycles. The molecular weight excluding hydrogens is 408 g/mol. The van der Waals surface area contributed by atoms with Gasteiger partial charge in [-0.15, -0.1) is 0 Å². The fraction of sp³-hybridized carbons (Fsp3) is 0.227. The highest BCUT2D eigenvalue weighted by atomic mass is 35.5. The number of para-hydroxylation sites is 1. The maximum atomic E-state index is 12.8. The Balaban J connectivity index is 1.90. The summed E-state index contributed by atoms with van der Waals surface area (Å²) >= 11 is 7.08. The van der Waals surface area contributed by atoms with Crippen molar-refractivity contribution >= 4 is 45.3 Å². The van der Waals surface area contributed by atoms with Crippen molar-refractivity contribution in [2.24, 2.45) is 0 Å². The minimum Gasteiger partial charge on any atom is -0.341 e. The summed E-state index contributed by atoms with van der Waals surface area (Å²) in [5.74, 6) is 0.314. The van der Waals surface area contributed by atoms with E-state index < -0.39 is 6.04 Å². The van der Waals surface area contributed by atoms with E-state index in [9.17, 15) is 14.4 Å². The number of carbonyl (C=O) groups excluding carboxylic acids is 2. The molecule has 0 saturated heterocycles. The lowest BCUT2D eigenvalue weighted by atomic mass is 10.0. The molecule has 1 amide bonds. The maximum Gasteiger partial charge on any atom is 0.251 e. The molecule has 29 heavy (non-hydrogen) atoms. The summed E-state index contributed by atoms with van der Waals surface area (Å²) in [6, 6.07) is 14.6. The highest BCUT2D eigenvalue weighted by molar-refractivity contribution is 8.13. The molecule has 0 spiro atoms. The number of aromatic amines is 1. The fourth-order valence-electron chi connectivity index (χ4n) is 3.01. The molecule has 7 heteroatoms. The van der Waals surface area contributed by atoms with E-state index in [0.717, 1.165) is 17.4 Å². The average molecular weight is 429 g/mol. The predicted octanol–water partition coefficient (Wildman–Crippen LogP) is 4.19. The van der Waals surface area contributed by atoms with Gasteiger partial charge in [-0.05, 0) is 42.3 Å². The Bertz CT molecular complexity index is 1080. The Kier molecular flexibility index (Phi) is 7.12. The van der Waals surface area contributed by atoms with Gasteiger partial charge in [0.15, 0.2) is 0 Å². The first kappa shape index (κ1) is 21.1.